The van der Waals surface area contributed by atoms with Crippen LogP contribution in [-0.4, -0.2) is 33.4 Å². The monoisotopic (exact) mass is 422 g/mol. The summed E-state index contributed by atoms with van der Waals surface area (Å²) in [5, 5.41) is 11.4. The summed E-state index contributed by atoms with van der Waals surface area (Å²) in [6, 6.07) is 7.05. The number of fused-ring (bicyclic) bond motifs is 1. The van der Waals surface area contributed by atoms with Crippen LogP contribution in [0.25, 0.3) is 16.6 Å². The van der Waals surface area contributed by atoms with Gasteiger partial charge in [-0.3, -0.25) is 14.8 Å². The summed E-state index contributed by atoms with van der Waals surface area (Å²) in [5.74, 6) is 0. The van der Waals surface area contributed by atoms with Crippen molar-refractivity contribution in [3.63, 3.8) is 0 Å². The summed E-state index contributed by atoms with van der Waals surface area (Å²) in [6.45, 7) is 1.76. The van der Waals surface area contributed by atoms with Gasteiger partial charge >= 0.3 is 6.18 Å². The summed E-state index contributed by atoms with van der Waals surface area (Å²) in [7, 11) is -4.04. The maximum atomic E-state index is 12.8. The number of sulfonamides is 1. The van der Waals surface area contributed by atoms with E-state index in [0.29, 0.717) is 22.3 Å². The molecule has 150 valence electrons. The smallest absolute Gasteiger partial charge is 0.282 e. The number of hydrogen-bond donors (Lipinski definition) is 2. The van der Waals surface area contributed by atoms with Crippen LogP contribution in [0.5, 0.6) is 0 Å². The normalized spacial score (nSPS) is 12.4. The van der Waals surface area contributed by atoms with Crippen molar-refractivity contribution in [2.24, 2.45) is 0 Å². The van der Waals surface area contributed by atoms with E-state index in [1.54, 1.807) is 25.1 Å². The van der Waals surface area contributed by atoms with Crippen LogP contribution in [0.15, 0.2) is 53.8 Å². The van der Waals surface area contributed by atoms with Crippen molar-refractivity contribution in [1.29, 1.82) is 0 Å². The van der Waals surface area contributed by atoms with Gasteiger partial charge in [-0.2, -0.15) is 23.4 Å². The molecular formula is C17H13F3N6O2S. The highest BCUT2D eigenvalue weighted by molar-refractivity contribution is 7.92. The molecule has 0 unspecified atom stereocenters. The predicted octanol–water partition coefficient (Wildman–Crippen LogP) is 3.27. The number of aryl methyl sites for hydroxylation is 1. The van der Waals surface area contributed by atoms with Gasteiger partial charge in [-0.15, -0.1) is 0 Å². The maximum absolute atomic E-state index is 12.8. The lowest BCUT2D eigenvalue weighted by Gasteiger charge is -2.08. The van der Waals surface area contributed by atoms with Crippen LogP contribution in [0, 0.1) is 6.92 Å². The molecule has 29 heavy (non-hydrogen) atoms. The number of nitrogens with one attached hydrogen (secondary N) is 2. The minimum absolute atomic E-state index is 0.0292. The summed E-state index contributed by atoms with van der Waals surface area (Å²) in [5.41, 5.74) is 0.529. The fraction of sp³-hybridized carbons (Fsp3) is 0.118. The van der Waals surface area contributed by atoms with Crippen LogP contribution in [0.3, 0.4) is 0 Å². The first kappa shape index (κ1) is 18.9. The van der Waals surface area contributed by atoms with Crippen molar-refractivity contribution < 1.29 is 21.6 Å². The van der Waals surface area contributed by atoms with Crippen LogP contribution >= 0.6 is 0 Å². The van der Waals surface area contributed by atoms with E-state index >= 15 is 0 Å². The molecule has 12 heteroatoms. The van der Waals surface area contributed by atoms with E-state index in [4.69, 9.17) is 0 Å². The molecule has 0 radical (unpaired) electrons. The fourth-order valence-corrected chi connectivity index (χ4v) is 3.82. The molecule has 0 amide bonds. The third-order valence-electron chi connectivity index (χ3n) is 4.17. The Morgan fingerprint density at radius 1 is 1.21 bits per heavy atom. The van der Waals surface area contributed by atoms with Crippen molar-refractivity contribution in [1.82, 2.24) is 25.0 Å². The number of nitrogens with zero attached hydrogens (tertiary/aromatic N) is 4. The second-order valence-corrected chi connectivity index (χ2v) is 7.85. The van der Waals surface area contributed by atoms with E-state index in [1.807, 2.05) is 0 Å². The van der Waals surface area contributed by atoms with Crippen molar-refractivity contribution in [3.05, 3.63) is 60.3 Å². The number of H-pyrrole nitrogens is 1. The molecule has 4 aromatic rings. The van der Waals surface area contributed by atoms with Gasteiger partial charge in [0.05, 0.1) is 29.3 Å². The summed E-state index contributed by atoms with van der Waals surface area (Å²) >= 11 is 0. The Labute approximate surface area is 162 Å². The molecule has 2 N–H and O–H groups in total. The zero-order valence-corrected chi connectivity index (χ0v) is 15.6. The Hall–Kier alpha value is -3.41. The molecule has 4 rings (SSSR count). The van der Waals surface area contributed by atoms with E-state index in [2.05, 4.69) is 25.0 Å². The van der Waals surface area contributed by atoms with E-state index in [9.17, 15) is 21.6 Å². The SMILES string of the molecule is Cc1[nH]nc2cccc(NS(=O)(=O)c3cnn(-c4ccnc(C(F)(F)F)c4)c3)c12. The third-order valence-corrected chi connectivity index (χ3v) is 5.49. The fourth-order valence-electron chi connectivity index (χ4n) is 2.82. The van der Waals surface area contributed by atoms with E-state index in [1.165, 1.54) is 6.07 Å². The van der Waals surface area contributed by atoms with Gasteiger partial charge in [0.2, 0.25) is 0 Å². The number of alkyl halides is 3. The molecule has 3 heterocycles. The predicted molar refractivity (Wildman–Crippen MR) is 98.0 cm³/mol. The Balaban J connectivity index is 1.68. The molecule has 8 nitrogen and oxygen atoms in total. The maximum Gasteiger partial charge on any atom is 0.433 e. The van der Waals surface area contributed by atoms with Crippen molar-refractivity contribution in [2.45, 2.75) is 18.0 Å². The molecule has 0 aliphatic rings. The molecule has 0 fully saturated rings. The lowest BCUT2D eigenvalue weighted by Crippen LogP contribution is -2.12. The number of aromatic nitrogens is 5. The molecular weight excluding hydrogens is 409 g/mol. The molecule has 1 aromatic carbocycles. The summed E-state index contributed by atoms with van der Waals surface area (Å²) < 4.78 is 67.6. The quantitative estimate of drug-likeness (QED) is 0.525. The zero-order valence-electron chi connectivity index (χ0n) is 14.8. The van der Waals surface area contributed by atoms with Crippen LogP contribution in [0.4, 0.5) is 18.9 Å². The highest BCUT2D eigenvalue weighted by Crippen LogP contribution is 2.29. The van der Waals surface area contributed by atoms with Gasteiger partial charge in [0.25, 0.3) is 10.0 Å². The minimum atomic E-state index is -4.62. The first-order valence-corrected chi connectivity index (χ1v) is 9.68. The number of pyridine rings is 1. The number of aromatic amines is 1. The molecule has 0 aliphatic carbocycles. The largest absolute Gasteiger partial charge is 0.433 e. The van der Waals surface area contributed by atoms with Crippen molar-refractivity contribution in [2.75, 3.05) is 4.72 Å². The van der Waals surface area contributed by atoms with Crippen molar-refractivity contribution in [3.8, 4) is 5.69 Å². The van der Waals surface area contributed by atoms with Gasteiger partial charge in [0.15, 0.2) is 0 Å². The van der Waals surface area contributed by atoms with Crippen LogP contribution in [0.1, 0.15) is 11.4 Å². The Bertz CT molecular complexity index is 1310. The Kier molecular flexibility index (Phi) is 4.30. The average molecular weight is 422 g/mol. The number of anilines is 1. The zero-order chi connectivity index (χ0) is 20.8. The minimum Gasteiger partial charge on any atom is -0.282 e. The van der Waals surface area contributed by atoms with Crippen LogP contribution in [-0.2, 0) is 16.2 Å². The van der Waals surface area contributed by atoms with Crippen LogP contribution < -0.4 is 4.72 Å². The number of halogens is 3. The van der Waals surface area contributed by atoms with Gasteiger partial charge < -0.3 is 0 Å². The molecule has 0 aliphatic heterocycles. The van der Waals surface area contributed by atoms with Gasteiger partial charge in [-0.05, 0) is 31.2 Å². The number of hydrogen-bond acceptors (Lipinski definition) is 5. The average Bonchev–Trinajstić information content (AvgIpc) is 3.30. The summed E-state index contributed by atoms with van der Waals surface area (Å²) in [4.78, 5) is 3.07. The van der Waals surface area contributed by atoms with E-state index < -0.39 is 21.9 Å². The van der Waals surface area contributed by atoms with E-state index in [-0.39, 0.29) is 10.6 Å². The van der Waals surface area contributed by atoms with Crippen LogP contribution in [0.2, 0.25) is 0 Å². The standard InChI is InChI=1S/C17H13F3N6O2S/c1-10-16-13(24-23-10)3-2-4-14(16)25-29(27,28)12-8-22-26(9-12)11-5-6-21-15(7-11)17(18,19)20/h2-9,25H,1H3,(H,23,24). The molecule has 0 saturated carbocycles. The molecule has 0 spiro atoms. The first-order valence-electron chi connectivity index (χ1n) is 8.20. The molecule has 0 atom stereocenters. The highest BCUT2D eigenvalue weighted by atomic mass is 32.2. The molecule has 3 aromatic heterocycles. The molecule has 0 saturated heterocycles. The topological polar surface area (TPSA) is 106 Å². The Morgan fingerprint density at radius 2 is 2.00 bits per heavy atom. The third kappa shape index (κ3) is 3.53. The van der Waals surface area contributed by atoms with E-state index in [0.717, 1.165) is 29.3 Å². The van der Waals surface area contributed by atoms with Gasteiger partial charge in [0.1, 0.15) is 10.6 Å². The highest BCUT2D eigenvalue weighted by Gasteiger charge is 2.32. The Morgan fingerprint density at radius 3 is 2.76 bits per heavy atom. The lowest BCUT2D eigenvalue weighted by atomic mass is 10.2. The molecule has 0 bridgehead atoms. The second-order valence-electron chi connectivity index (χ2n) is 6.17. The van der Waals surface area contributed by atoms with Gasteiger partial charge in [0, 0.05) is 17.3 Å². The first-order chi connectivity index (χ1) is 13.6. The number of benzene rings is 1. The van der Waals surface area contributed by atoms with Gasteiger partial charge in [-0.25, -0.2) is 13.1 Å². The van der Waals surface area contributed by atoms with Gasteiger partial charge in [-0.1, -0.05) is 6.07 Å². The summed E-state index contributed by atoms with van der Waals surface area (Å²) in [6.07, 6.45) is -1.46. The second kappa shape index (κ2) is 6.58. The van der Waals surface area contributed by atoms with Crippen molar-refractivity contribution >= 4 is 26.6 Å². The lowest BCUT2D eigenvalue weighted by molar-refractivity contribution is -0.141. The number of rotatable bonds is 4.